The van der Waals surface area contributed by atoms with Crippen LogP contribution in [0.25, 0.3) is 0 Å². The topological polar surface area (TPSA) is 127 Å². The molecule has 1 rings (SSSR count). The van der Waals surface area contributed by atoms with E-state index in [0.717, 1.165) is 0 Å². The quantitative estimate of drug-likeness (QED) is 0.260. The van der Waals surface area contributed by atoms with Crippen molar-refractivity contribution in [1.82, 2.24) is 4.90 Å². The van der Waals surface area contributed by atoms with Gasteiger partial charge in [0.05, 0.1) is 5.56 Å². The van der Waals surface area contributed by atoms with E-state index in [1.807, 2.05) is 0 Å². The predicted molar refractivity (Wildman–Crippen MR) is 96.5 cm³/mol. The SMILES string of the molecule is CCC(=O)OC(CCCN(C)C(=O)c1ccccc1C=O)OC(=O)CC(=O)O. The maximum atomic E-state index is 12.5. The van der Waals surface area contributed by atoms with Gasteiger partial charge in [-0.1, -0.05) is 25.1 Å². The van der Waals surface area contributed by atoms with Crippen molar-refractivity contribution >= 4 is 30.1 Å². The molecule has 0 aliphatic heterocycles. The Balaban J connectivity index is 2.64. The molecule has 0 fully saturated rings. The number of rotatable bonds is 11. The van der Waals surface area contributed by atoms with Gasteiger partial charge in [0.15, 0.2) is 6.29 Å². The van der Waals surface area contributed by atoms with Crippen molar-refractivity contribution in [1.29, 1.82) is 0 Å². The average molecular weight is 393 g/mol. The van der Waals surface area contributed by atoms with E-state index in [0.29, 0.717) is 12.7 Å². The number of amides is 1. The first-order valence-electron chi connectivity index (χ1n) is 8.68. The van der Waals surface area contributed by atoms with Gasteiger partial charge in [0, 0.05) is 32.0 Å². The first-order valence-corrected chi connectivity index (χ1v) is 8.68. The van der Waals surface area contributed by atoms with Gasteiger partial charge in [-0.05, 0) is 12.5 Å². The van der Waals surface area contributed by atoms with Gasteiger partial charge >= 0.3 is 17.9 Å². The van der Waals surface area contributed by atoms with Crippen LogP contribution in [0.1, 0.15) is 53.3 Å². The van der Waals surface area contributed by atoms with E-state index in [2.05, 4.69) is 0 Å². The number of esters is 2. The molecule has 1 unspecified atom stereocenters. The van der Waals surface area contributed by atoms with Crippen molar-refractivity contribution in [2.75, 3.05) is 13.6 Å². The van der Waals surface area contributed by atoms with Crippen LogP contribution >= 0.6 is 0 Å². The number of hydrogen-bond donors (Lipinski definition) is 1. The van der Waals surface area contributed by atoms with Gasteiger partial charge in [0.1, 0.15) is 6.42 Å². The molecular weight excluding hydrogens is 370 g/mol. The standard InChI is InChI=1S/C19H23NO8/c1-3-16(24)27-18(28-17(25)11-15(22)23)9-6-10-20(2)19(26)14-8-5-4-7-13(14)12-21/h4-5,7-8,12,18H,3,6,9-11H2,1-2H3,(H,22,23). The second-order valence-electron chi connectivity index (χ2n) is 5.91. The van der Waals surface area contributed by atoms with Crippen LogP contribution in [0.15, 0.2) is 24.3 Å². The molecule has 0 aliphatic carbocycles. The number of nitrogens with zero attached hydrogens (tertiary/aromatic N) is 1. The molecule has 0 saturated heterocycles. The number of aldehydes is 1. The second kappa shape index (κ2) is 11.5. The van der Waals surface area contributed by atoms with Crippen molar-refractivity contribution in [3.05, 3.63) is 35.4 Å². The largest absolute Gasteiger partial charge is 0.481 e. The Morgan fingerprint density at radius 3 is 2.39 bits per heavy atom. The predicted octanol–water partition coefficient (Wildman–Crippen LogP) is 1.65. The van der Waals surface area contributed by atoms with Crippen LogP contribution < -0.4 is 0 Å². The Morgan fingerprint density at radius 1 is 1.14 bits per heavy atom. The summed E-state index contributed by atoms with van der Waals surface area (Å²) in [7, 11) is 1.55. The van der Waals surface area contributed by atoms with Crippen LogP contribution in [0.5, 0.6) is 0 Å². The lowest BCUT2D eigenvalue weighted by Gasteiger charge is -2.21. The number of carboxylic acid groups (broad SMARTS) is 1. The van der Waals surface area contributed by atoms with Crippen molar-refractivity contribution in [3.8, 4) is 0 Å². The molecule has 9 heteroatoms. The summed E-state index contributed by atoms with van der Waals surface area (Å²) in [6.45, 7) is 1.80. The highest BCUT2D eigenvalue weighted by atomic mass is 16.7. The first-order chi connectivity index (χ1) is 13.3. The van der Waals surface area contributed by atoms with E-state index >= 15 is 0 Å². The van der Waals surface area contributed by atoms with Crippen LogP contribution in [0, 0.1) is 0 Å². The molecule has 1 aromatic rings. The van der Waals surface area contributed by atoms with Gasteiger partial charge in [0.2, 0.25) is 6.29 Å². The summed E-state index contributed by atoms with van der Waals surface area (Å²) in [6.07, 6.45) is -1.01. The number of benzene rings is 1. The lowest BCUT2D eigenvalue weighted by atomic mass is 10.1. The fourth-order valence-corrected chi connectivity index (χ4v) is 2.28. The van der Waals surface area contributed by atoms with Crippen LogP contribution in [0.2, 0.25) is 0 Å². The number of carbonyl (C=O) groups is 5. The van der Waals surface area contributed by atoms with Crippen molar-refractivity contribution in [2.24, 2.45) is 0 Å². The number of ether oxygens (including phenoxy) is 2. The van der Waals surface area contributed by atoms with Gasteiger partial charge in [-0.3, -0.25) is 24.0 Å². The summed E-state index contributed by atoms with van der Waals surface area (Å²) in [5.41, 5.74) is 0.540. The molecule has 152 valence electrons. The molecule has 0 heterocycles. The summed E-state index contributed by atoms with van der Waals surface area (Å²) in [5.74, 6) is -3.33. The molecule has 28 heavy (non-hydrogen) atoms. The maximum absolute atomic E-state index is 12.5. The third kappa shape index (κ3) is 7.56. The Labute approximate surface area is 162 Å². The zero-order valence-electron chi connectivity index (χ0n) is 15.8. The minimum atomic E-state index is -1.36. The monoisotopic (exact) mass is 393 g/mol. The molecule has 0 radical (unpaired) electrons. The molecule has 1 aromatic carbocycles. The summed E-state index contributed by atoms with van der Waals surface area (Å²) >= 11 is 0. The minimum Gasteiger partial charge on any atom is -0.481 e. The maximum Gasteiger partial charge on any atom is 0.320 e. The molecule has 1 atom stereocenters. The highest BCUT2D eigenvalue weighted by Gasteiger charge is 2.21. The second-order valence-corrected chi connectivity index (χ2v) is 5.91. The number of carboxylic acids is 1. The molecule has 0 bridgehead atoms. The van der Waals surface area contributed by atoms with Gasteiger partial charge < -0.3 is 19.5 Å². The third-order valence-electron chi connectivity index (χ3n) is 3.71. The smallest absolute Gasteiger partial charge is 0.320 e. The number of aliphatic carboxylic acids is 1. The normalized spacial score (nSPS) is 11.2. The molecular formula is C19H23NO8. The van der Waals surface area contributed by atoms with E-state index in [1.54, 1.807) is 32.2 Å². The molecule has 9 nitrogen and oxygen atoms in total. The van der Waals surface area contributed by atoms with Gasteiger partial charge in [-0.15, -0.1) is 0 Å². The third-order valence-corrected chi connectivity index (χ3v) is 3.71. The van der Waals surface area contributed by atoms with Crippen LogP contribution in [0.4, 0.5) is 0 Å². The molecule has 0 spiro atoms. The van der Waals surface area contributed by atoms with E-state index in [1.165, 1.54) is 11.0 Å². The molecule has 1 N–H and O–H groups in total. The van der Waals surface area contributed by atoms with Crippen molar-refractivity contribution in [3.63, 3.8) is 0 Å². The Kier molecular flexibility index (Phi) is 9.35. The molecule has 0 aromatic heterocycles. The first kappa shape index (κ1) is 22.8. The van der Waals surface area contributed by atoms with Crippen molar-refractivity contribution in [2.45, 2.75) is 38.9 Å². The lowest BCUT2D eigenvalue weighted by Crippen LogP contribution is -2.30. The average Bonchev–Trinajstić information content (AvgIpc) is 2.66. The Morgan fingerprint density at radius 2 is 1.79 bits per heavy atom. The Bertz CT molecular complexity index is 730. The van der Waals surface area contributed by atoms with Crippen molar-refractivity contribution < 1.29 is 38.6 Å². The summed E-state index contributed by atoms with van der Waals surface area (Å²) < 4.78 is 9.88. The van der Waals surface area contributed by atoms with Crippen LogP contribution in [0.3, 0.4) is 0 Å². The highest BCUT2D eigenvalue weighted by Crippen LogP contribution is 2.12. The van der Waals surface area contributed by atoms with Gasteiger partial charge in [-0.2, -0.15) is 0 Å². The van der Waals surface area contributed by atoms with Crippen LogP contribution in [-0.2, 0) is 23.9 Å². The highest BCUT2D eigenvalue weighted by molar-refractivity contribution is 6.01. The molecule has 0 aliphatic rings. The summed E-state index contributed by atoms with van der Waals surface area (Å²) in [4.78, 5) is 58.4. The molecule has 0 saturated carbocycles. The molecule has 1 amide bonds. The summed E-state index contributed by atoms with van der Waals surface area (Å²) in [6, 6.07) is 6.38. The number of hydrogen-bond acceptors (Lipinski definition) is 7. The minimum absolute atomic E-state index is 0.0633. The Hall–Kier alpha value is -3.23. The lowest BCUT2D eigenvalue weighted by molar-refractivity contribution is -0.189. The van der Waals surface area contributed by atoms with E-state index < -0.39 is 30.6 Å². The van der Waals surface area contributed by atoms with E-state index in [9.17, 15) is 24.0 Å². The van der Waals surface area contributed by atoms with E-state index in [-0.39, 0.29) is 36.4 Å². The van der Waals surface area contributed by atoms with Gasteiger partial charge in [0.25, 0.3) is 5.91 Å². The fourth-order valence-electron chi connectivity index (χ4n) is 2.28. The van der Waals surface area contributed by atoms with Crippen LogP contribution in [-0.4, -0.2) is 60.0 Å². The van der Waals surface area contributed by atoms with E-state index in [4.69, 9.17) is 14.6 Å². The zero-order chi connectivity index (χ0) is 21.1. The zero-order valence-corrected chi connectivity index (χ0v) is 15.8. The fraction of sp³-hybridized carbons (Fsp3) is 0.421. The van der Waals surface area contributed by atoms with Gasteiger partial charge in [-0.25, -0.2) is 0 Å². The number of carbonyl (C=O) groups excluding carboxylic acids is 4. The summed E-state index contributed by atoms with van der Waals surface area (Å²) in [5, 5.41) is 8.61.